The van der Waals surface area contributed by atoms with E-state index >= 15 is 0 Å². The highest BCUT2D eigenvalue weighted by atomic mass is 14.8. The highest BCUT2D eigenvalue weighted by molar-refractivity contribution is 6.29. The maximum Gasteiger partial charge on any atom is 0.0693 e. The summed E-state index contributed by atoms with van der Waals surface area (Å²) in [6.45, 7) is 9.11. The molecule has 0 radical (unpaired) electrons. The molecule has 2 aliphatic heterocycles. The molecular formula is C54H44N4. The smallest absolute Gasteiger partial charge is 0.0693 e. The number of hydrogen-bond donors (Lipinski definition) is 2. The third-order valence-electron chi connectivity index (χ3n) is 13.5. The van der Waals surface area contributed by atoms with Gasteiger partial charge in [-0.25, -0.2) is 9.97 Å². The molecule has 8 bridgehead atoms. The summed E-state index contributed by atoms with van der Waals surface area (Å²) in [6, 6.07) is 41.0. The fraction of sp³-hybridized carbons (Fsp3) is 0.185. The van der Waals surface area contributed by atoms with Crippen LogP contribution in [-0.2, 0) is 0 Å². The Labute approximate surface area is 338 Å². The fourth-order valence-corrected chi connectivity index (χ4v) is 10.6. The molecule has 5 heterocycles. The van der Waals surface area contributed by atoms with Crippen molar-refractivity contribution in [2.45, 2.75) is 66.2 Å². The number of allylic oxidation sites excluding steroid dienone is 4. The van der Waals surface area contributed by atoms with Gasteiger partial charge < -0.3 is 9.97 Å². The molecule has 0 saturated carbocycles. The summed E-state index contributed by atoms with van der Waals surface area (Å²) in [5, 5.41) is 7.69. The number of H-pyrrole nitrogens is 2. The van der Waals surface area contributed by atoms with Crippen molar-refractivity contribution in [3.8, 4) is 44.5 Å². The Morgan fingerprint density at radius 1 is 0.431 bits per heavy atom. The maximum absolute atomic E-state index is 5.54. The number of aromatic nitrogens is 4. The van der Waals surface area contributed by atoms with E-state index < -0.39 is 0 Å². The van der Waals surface area contributed by atoms with Gasteiger partial charge in [0.05, 0.1) is 22.8 Å². The van der Waals surface area contributed by atoms with Crippen LogP contribution in [0.5, 0.6) is 0 Å². The molecule has 12 rings (SSSR count). The number of nitrogens with one attached hydrogen (secondary N) is 2. The molecule has 2 aliphatic carbocycles. The third-order valence-corrected chi connectivity index (χ3v) is 13.5. The normalized spacial score (nSPS) is 13.8. The largest absolute Gasteiger partial charge is 0.354 e. The van der Waals surface area contributed by atoms with Gasteiger partial charge in [-0.3, -0.25) is 0 Å². The van der Waals surface area contributed by atoms with E-state index in [0.717, 1.165) is 83.4 Å². The van der Waals surface area contributed by atoms with Crippen LogP contribution in [0.2, 0.25) is 0 Å². The highest BCUT2D eigenvalue weighted by Gasteiger charge is 2.28. The Balaban J connectivity index is 1.26. The molecule has 4 aliphatic rings. The van der Waals surface area contributed by atoms with Crippen molar-refractivity contribution in [3.63, 3.8) is 0 Å². The van der Waals surface area contributed by atoms with Crippen LogP contribution in [0.3, 0.4) is 0 Å². The van der Waals surface area contributed by atoms with Crippen LogP contribution < -0.4 is 0 Å². The van der Waals surface area contributed by atoms with E-state index in [1.54, 1.807) is 0 Å². The van der Waals surface area contributed by atoms with Crippen LogP contribution in [0.1, 0.15) is 89.0 Å². The van der Waals surface area contributed by atoms with Gasteiger partial charge in [0.25, 0.3) is 0 Å². The molecule has 8 aromatic rings. The van der Waals surface area contributed by atoms with Gasteiger partial charge >= 0.3 is 0 Å². The van der Waals surface area contributed by atoms with Crippen molar-refractivity contribution in [1.82, 2.24) is 19.9 Å². The molecular weight excluding hydrogens is 705 g/mol. The standard InChI is InChI=1S/C54H44N4/c1-5-7-16-32-29(3)42-25-48-53-37-21-11-14-31-15-12-22-38(50(31)37)54(53)49(58-48)26-43-30(4)33(17-8-6-2)45(56-43)28-47-52-39-23-13-20-36-34-18-9-10-19-35(34)40(51(36)39)24-41(52)46(57-47)27-44(32)55-42/h9-15,18-28,57-58H,5-8,16-17H2,1-4H3. The first-order valence-corrected chi connectivity index (χ1v) is 21.2. The molecule has 0 saturated heterocycles. The van der Waals surface area contributed by atoms with Gasteiger partial charge in [-0.15, -0.1) is 0 Å². The van der Waals surface area contributed by atoms with Crippen molar-refractivity contribution in [3.05, 3.63) is 132 Å². The molecule has 5 aromatic carbocycles. The molecule has 58 heavy (non-hydrogen) atoms. The molecule has 0 unspecified atom stereocenters. The van der Waals surface area contributed by atoms with Crippen LogP contribution in [-0.4, -0.2) is 19.9 Å². The van der Waals surface area contributed by atoms with Gasteiger partial charge in [0.15, 0.2) is 0 Å². The van der Waals surface area contributed by atoms with Crippen LogP contribution in [0.4, 0.5) is 0 Å². The Morgan fingerprint density at radius 2 is 0.948 bits per heavy atom. The molecule has 3 aromatic heterocycles. The quantitative estimate of drug-likeness (QED) is 0.178. The monoisotopic (exact) mass is 748 g/mol. The zero-order chi connectivity index (χ0) is 38.8. The number of benzene rings is 5. The first kappa shape index (κ1) is 33.6. The van der Waals surface area contributed by atoms with E-state index in [1.165, 1.54) is 99.1 Å². The Hall–Kier alpha value is -6.52. The molecule has 4 heteroatoms. The van der Waals surface area contributed by atoms with Crippen molar-refractivity contribution in [1.29, 1.82) is 0 Å². The first-order chi connectivity index (χ1) is 28.5. The molecule has 0 atom stereocenters. The fourth-order valence-electron chi connectivity index (χ4n) is 10.6. The van der Waals surface area contributed by atoms with Gasteiger partial charge in [0.1, 0.15) is 0 Å². The second kappa shape index (κ2) is 12.5. The second-order valence-electron chi connectivity index (χ2n) is 16.7. The zero-order valence-corrected chi connectivity index (χ0v) is 33.5. The molecule has 0 fully saturated rings. The third kappa shape index (κ3) is 4.63. The molecule has 0 spiro atoms. The number of unbranched alkanes of at least 4 members (excludes halogenated alkanes) is 2. The molecule has 4 nitrogen and oxygen atoms in total. The van der Waals surface area contributed by atoms with Crippen molar-refractivity contribution < 1.29 is 0 Å². The van der Waals surface area contributed by atoms with Gasteiger partial charge in [0, 0.05) is 44.0 Å². The average Bonchev–Trinajstić information content (AvgIpc) is 4.06. The van der Waals surface area contributed by atoms with Gasteiger partial charge in [-0.2, -0.15) is 0 Å². The summed E-state index contributed by atoms with van der Waals surface area (Å²) < 4.78 is 0. The Bertz CT molecular complexity index is 3380. The summed E-state index contributed by atoms with van der Waals surface area (Å²) in [5.74, 6) is 0. The topological polar surface area (TPSA) is 57.4 Å². The Kier molecular flexibility index (Phi) is 7.24. The van der Waals surface area contributed by atoms with E-state index in [1.807, 2.05) is 0 Å². The predicted octanol–water partition coefficient (Wildman–Crippen LogP) is 15.3. The minimum atomic E-state index is 0.990. The SMILES string of the molecule is CCCCC1=C(C)c2cc3[nH]c(cc4nc(cc5[nH]c(cc1n2)c1cc2c6c(cccc6c51)-c1ccccc1-2)C(CCCC)=C4C)c1c3-c2cccc3cccc-1c23. The lowest BCUT2D eigenvalue weighted by Gasteiger charge is -2.06. The molecule has 2 N–H and O–H groups in total. The lowest BCUT2D eigenvalue weighted by Crippen LogP contribution is -1.84. The molecule has 280 valence electrons. The number of rotatable bonds is 6. The number of nitrogens with zero attached hydrogens (tertiary/aromatic N) is 2. The number of fused-ring (bicyclic) bond motifs is 20. The average molecular weight is 749 g/mol. The first-order valence-electron chi connectivity index (χ1n) is 21.2. The Morgan fingerprint density at radius 3 is 1.57 bits per heavy atom. The summed E-state index contributed by atoms with van der Waals surface area (Å²) in [6.07, 6.45) is 6.47. The number of hydrogen-bond acceptors (Lipinski definition) is 2. The lowest BCUT2D eigenvalue weighted by molar-refractivity contribution is 0.824. The summed E-state index contributed by atoms with van der Waals surface area (Å²) in [5.41, 5.74) is 24.1. The second-order valence-corrected chi connectivity index (χ2v) is 16.7. The van der Waals surface area contributed by atoms with E-state index in [0.29, 0.717) is 0 Å². The van der Waals surface area contributed by atoms with Gasteiger partial charge in [-0.05, 0) is 147 Å². The summed E-state index contributed by atoms with van der Waals surface area (Å²) >= 11 is 0. The summed E-state index contributed by atoms with van der Waals surface area (Å²) in [4.78, 5) is 19.0. The van der Waals surface area contributed by atoms with Crippen molar-refractivity contribution in [2.24, 2.45) is 0 Å². The van der Waals surface area contributed by atoms with Crippen LogP contribution >= 0.6 is 0 Å². The minimum absolute atomic E-state index is 0.990. The number of aromatic amines is 2. The van der Waals surface area contributed by atoms with Crippen LogP contribution in [0.25, 0.3) is 121 Å². The van der Waals surface area contributed by atoms with E-state index in [-0.39, 0.29) is 0 Å². The molecule has 0 amide bonds. The van der Waals surface area contributed by atoms with E-state index in [2.05, 4.69) is 147 Å². The summed E-state index contributed by atoms with van der Waals surface area (Å²) in [7, 11) is 0. The zero-order valence-electron chi connectivity index (χ0n) is 33.5. The predicted molar refractivity (Wildman–Crippen MR) is 246 cm³/mol. The highest BCUT2D eigenvalue weighted by Crippen LogP contribution is 2.53. The van der Waals surface area contributed by atoms with Crippen LogP contribution in [0, 0.1) is 0 Å². The van der Waals surface area contributed by atoms with Gasteiger partial charge in [-0.1, -0.05) is 106 Å². The van der Waals surface area contributed by atoms with E-state index in [4.69, 9.17) is 9.97 Å². The maximum atomic E-state index is 5.54. The van der Waals surface area contributed by atoms with Crippen LogP contribution in [0.15, 0.2) is 109 Å². The lowest BCUT2D eigenvalue weighted by atomic mass is 9.96. The minimum Gasteiger partial charge on any atom is -0.354 e. The van der Waals surface area contributed by atoms with E-state index in [9.17, 15) is 0 Å². The van der Waals surface area contributed by atoms with Crippen molar-refractivity contribution in [2.75, 3.05) is 0 Å². The van der Waals surface area contributed by atoms with Crippen molar-refractivity contribution >= 4 is 76.7 Å². The van der Waals surface area contributed by atoms with Gasteiger partial charge in [0.2, 0.25) is 0 Å².